The molecule has 3 atom stereocenters. The summed E-state index contributed by atoms with van der Waals surface area (Å²) in [5, 5.41) is 19.5. The molecule has 2 aromatic carbocycles. The molecule has 2 aliphatic heterocycles. The topological polar surface area (TPSA) is 115 Å². The van der Waals surface area contributed by atoms with Gasteiger partial charge in [0.25, 0.3) is 0 Å². The third-order valence-corrected chi connectivity index (χ3v) is 6.67. The fourth-order valence-electron chi connectivity index (χ4n) is 4.41. The number of aliphatic hydroxyl groups is 1. The molecule has 3 heterocycles. The molecule has 0 unspecified atom stereocenters. The van der Waals surface area contributed by atoms with E-state index in [1.54, 1.807) is 31.2 Å². The molecule has 0 aliphatic carbocycles. The van der Waals surface area contributed by atoms with E-state index < -0.39 is 35.9 Å². The van der Waals surface area contributed by atoms with E-state index in [4.69, 9.17) is 16.3 Å². The molecular formula is C26H22ClFN4O5. The second-order valence-electron chi connectivity index (χ2n) is 8.96. The van der Waals surface area contributed by atoms with E-state index in [-0.39, 0.29) is 30.9 Å². The lowest BCUT2D eigenvalue weighted by molar-refractivity contribution is -0.143. The Morgan fingerprint density at radius 2 is 1.86 bits per heavy atom. The number of benzene rings is 2. The van der Waals surface area contributed by atoms with Crippen molar-refractivity contribution in [1.29, 1.82) is 0 Å². The number of hydrogen-bond acceptors (Lipinski definition) is 7. The smallest absolute Gasteiger partial charge is 0.236 e. The van der Waals surface area contributed by atoms with Crippen LogP contribution in [0.3, 0.4) is 0 Å². The molecule has 11 heteroatoms. The lowest BCUT2D eigenvalue weighted by Gasteiger charge is -2.28. The van der Waals surface area contributed by atoms with Crippen LogP contribution in [0.1, 0.15) is 35.8 Å². The highest BCUT2D eigenvalue weighted by Crippen LogP contribution is 2.30. The second-order valence-corrected chi connectivity index (χ2v) is 9.39. The van der Waals surface area contributed by atoms with Crippen LogP contribution in [-0.4, -0.2) is 60.9 Å². The lowest BCUT2D eigenvalue weighted by Crippen LogP contribution is -2.40. The fraction of sp³-hybridized carbons (Fsp3) is 0.269. The first-order valence-electron chi connectivity index (χ1n) is 11.6. The minimum Gasteiger partial charge on any atom is -0.390 e. The second kappa shape index (κ2) is 9.97. The Balaban J connectivity index is 1.45. The molecule has 37 heavy (non-hydrogen) atoms. The maximum atomic E-state index is 13.6. The SMILES string of the molecule is CC1=CN([C@H]2C[C@H](O)[C@@H](Cn3nnc(C(=O)c4ccc(Cl)cc4)c3-c3ccc(F)cc3)O2)C(=O)CC1=O. The minimum absolute atomic E-state index is 0.00886. The van der Waals surface area contributed by atoms with Gasteiger partial charge in [0.1, 0.15) is 23.8 Å². The molecule has 1 N–H and O–H groups in total. The summed E-state index contributed by atoms with van der Waals surface area (Å²) in [7, 11) is 0. The van der Waals surface area contributed by atoms with E-state index in [0.29, 0.717) is 27.4 Å². The van der Waals surface area contributed by atoms with Crippen molar-refractivity contribution >= 4 is 29.1 Å². The number of nitrogens with zero attached hydrogens (tertiary/aromatic N) is 4. The first kappa shape index (κ1) is 24.9. The normalized spacial score (nSPS) is 21.9. The van der Waals surface area contributed by atoms with Crippen LogP contribution in [0, 0.1) is 5.82 Å². The summed E-state index contributed by atoms with van der Waals surface area (Å²) in [6, 6.07) is 11.9. The predicted octanol–water partition coefficient (Wildman–Crippen LogP) is 3.15. The number of hydrogen-bond donors (Lipinski definition) is 1. The van der Waals surface area contributed by atoms with Gasteiger partial charge in [-0.1, -0.05) is 16.8 Å². The minimum atomic E-state index is -0.954. The van der Waals surface area contributed by atoms with Crippen LogP contribution in [0.2, 0.25) is 5.02 Å². The summed E-state index contributed by atoms with van der Waals surface area (Å²) in [5.74, 6) is -1.51. The van der Waals surface area contributed by atoms with Gasteiger partial charge in [-0.3, -0.25) is 19.3 Å². The van der Waals surface area contributed by atoms with Gasteiger partial charge in [-0.25, -0.2) is 9.07 Å². The maximum Gasteiger partial charge on any atom is 0.236 e. The number of halogens is 2. The molecule has 1 fully saturated rings. The van der Waals surface area contributed by atoms with Crippen LogP contribution in [0.25, 0.3) is 11.3 Å². The summed E-state index contributed by atoms with van der Waals surface area (Å²) in [4.78, 5) is 38.9. The zero-order valence-electron chi connectivity index (χ0n) is 19.7. The highest BCUT2D eigenvalue weighted by Gasteiger charge is 2.41. The highest BCUT2D eigenvalue weighted by atomic mass is 35.5. The number of carbonyl (C=O) groups is 3. The molecule has 1 saturated heterocycles. The lowest BCUT2D eigenvalue weighted by atomic mass is 10.0. The molecule has 1 aromatic heterocycles. The zero-order valence-corrected chi connectivity index (χ0v) is 20.4. The Kier molecular flexibility index (Phi) is 6.72. The molecule has 5 rings (SSSR count). The van der Waals surface area contributed by atoms with Crippen molar-refractivity contribution in [3.05, 3.63) is 82.4 Å². The van der Waals surface area contributed by atoms with Crippen LogP contribution < -0.4 is 0 Å². The standard InChI is InChI=1S/C26H22ClFN4O5/c1-14-12-31(22(35)10-19(14)33)23-11-20(34)21(37-23)13-32-25(15-4-8-18(28)9-5-15)24(29-30-32)26(36)16-2-6-17(27)7-3-16/h2-9,12,20-21,23,34H,10-11,13H2,1H3/t20-,21+,23+/m0/s1. The van der Waals surface area contributed by atoms with Crippen molar-refractivity contribution in [2.45, 2.75) is 44.7 Å². The van der Waals surface area contributed by atoms with E-state index in [9.17, 15) is 23.9 Å². The van der Waals surface area contributed by atoms with E-state index >= 15 is 0 Å². The van der Waals surface area contributed by atoms with Crippen LogP contribution in [0.5, 0.6) is 0 Å². The number of aliphatic hydroxyl groups excluding tert-OH is 1. The van der Waals surface area contributed by atoms with E-state index in [1.807, 2.05) is 0 Å². The van der Waals surface area contributed by atoms with Gasteiger partial charge < -0.3 is 9.84 Å². The molecule has 190 valence electrons. The van der Waals surface area contributed by atoms with Gasteiger partial charge in [-0.15, -0.1) is 5.10 Å². The first-order chi connectivity index (χ1) is 17.7. The molecule has 1 amide bonds. The van der Waals surface area contributed by atoms with E-state index in [0.717, 1.165) is 0 Å². The highest BCUT2D eigenvalue weighted by molar-refractivity contribution is 6.30. The number of Topliss-reactive ketones (excluding diaryl/α,β-unsaturated/α-hetero) is 1. The molecule has 0 bridgehead atoms. The van der Waals surface area contributed by atoms with Gasteiger partial charge in [-0.2, -0.15) is 0 Å². The summed E-state index contributed by atoms with van der Waals surface area (Å²) >= 11 is 5.95. The molecule has 3 aromatic rings. The Hall–Kier alpha value is -3.73. The molecule has 0 saturated carbocycles. The Labute approximate surface area is 216 Å². The maximum absolute atomic E-state index is 13.6. The van der Waals surface area contributed by atoms with Crippen molar-refractivity contribution in [2.75, 3.05) is 0 Å². The average Bonchev–Trinajstić information content (AvgIpc) is 3.45. The van der Waals surface area contributed by atoms with Gasteiger partial charge in [0.2, 0.25) is 11.7 Å². The Morgan fingerprint density at radius 1 is 1.16 bits per heavy atom. The average molecular weight is 525 g/mol. The summed E-state index contributed by atoms with van der Waals surface area (Å²) in [5.41, 5.74) is 1.64. The van der Waals surface area contributed by atoms with Gasteiger partial charge in [0.15, 0.2) is 11.5 Å². The van der Waals surface area contributed by atoms with Crippen LogP contribution in [0.4, 0.5) is 4.39 Å². The molecule has 0 radical (unpaired) electrons. The van der Waals surface area contributed by atoms with E-state index in [2.05, 4.69) is 10.3 Å². The third kappa shape index (κ3) is 4.95. The summed E-state index contributed by atoms with van der Waals surface area (Å²) in [6.45, 7) is 1.63. The van der Waals surface area contributed by atoms with Crippen molar-refractivity contribution in [2.24, 2.45) is 0 Å². The fourth-order valence-corrected chi connectivity index (χ4v) is 4.54. The molecule has 0 spiro atoms. The number of ether oxygens (including phenoxy) is 1. The van der Waals surface area contributed by atoms with Crippen LogP contribution >= 0.6 is 11.6 Å². The van der Waals surface area contributed by atoms with Crippen molar-refractivity contribution < 1.29 is 28.6 Å². The third-order valence-electron chi connectivity index (χ3n) is 6.41. The quantitative estimate of drug-likeness (QED) is 0.389. The van der Waals surface area contributed by atoms with Gasteiger partial charge in [0.05, 0.1) is 19.1 Å². The number of rotatable bonds is 6. The van der Waals surface area contributed by atoms with Crippen LogP contribution in [0.15, 0.2) is 60.3 Å². The largest absolute Gasteiger partial charge is 0.390 e. The molecule has 2 aliphatic rings. The Morgan fingerprint density at radius 3 is 2.57 bits per heavy atom. The predicted molar refractivity (Wildman–Crippen MR) is 130 cm³/mol. The first-order valence-corrected chi connectivity index (χ1v) is 11.9. The van der Waals surface area contributed by atoms with Crippen molar-refractivity contribution in [3.8, 4) is 11.3 Å². The van der Waals surface area contributed by atoms with Gasteiger partial charge in [-0.05, 0) is 55.5 Å². The van der Waals surface area contributed by atoms with Gasteiger partial charge >= 0.3 is 0 Å². The van der Waals surface area contributed by atoms with Crippen molar-refractivity contribution in [3.63, 3.8) is 0 Å². The Bertz CT molecular complexity index is 1400. The van der Waals surface area contributed by atoms with Gasteiger partial charge in [0, 0.05) is 34.3 Å². The zero-order chi connectivity index (χ0) is 26.3. The monoisotopic (exact) mass is 524 g/mol. The number of allylic oxidation sites excluding steroid dienone is 1. The summed E-state index contributed by atoms with van der Waals surface area (Å²) < 4.78 is 21.1. The number of ketones is 2. The molecular weight excluding hydrogens is 503 g/mol. The summed E-state index contributed by atoms with van der Waals surface area (Å²) in [6.07, 6.45) is -1.18. The number of carbonyl (C=O) groups excluding carboxylic acids is 3. The number of aromatic nitrogens is 3. The van der Waals surface area contributed by atoms with E-state index in [1.165, 1.54) is 40.0 Å². The van der Waals surface area contributed by atoms with Crippen molar-refractivity contribution in [1.82, 2.24) is 19.9 Å². The number of amides is 1. The molecule has 9 nitrogen and oxygen atoms in total. The van der Waals surface area contributed by atoms with Crippen LogP contribution in [-0.2, 0) is 20.9 Å².